The van der Waals surface area contributed by atoms with Gasteiger partial charge in [-0.1, -0.05) is 11.6 Å². The van der Waals surface area contributed by atoms with Crippen LogP contribution in [0.1, 0.15) is 12.8 Å². The number of nitrogen functional groups attached to an aromatic ring is 1. The molecule has 0 unspecified atom stereocenters. The summed E-state index contributed by atoms with van der Waals surface area (Å²) in [5.74, 6) is 1.43. The summed E-state index contributed by atoms with van der Waals surface area (Å²) in [5, 5.41) is 2.46. The number of ether oxygens (including phenoxy) is 1. The van der Waals surface area contributed by atoms with E-state index in [4.69, 9.17) is 22.1 Å². The van der Waals surface area contributed by atoms with Gasteiger partial charge in [0.05, 0.1) is 17.1 Å². The Labute approximate surface area is 145 Å². The number of pyridine rings is 1. The fourth-order valence-corrected chi connectivity index (χ4v) is 3.58. The van der Waals surface area contributed by atoms with E-state index in [2.05, 4.69) is 21.9 Å². The fourth-order valence-electron chi connectivity index (χ4n) is 3.42. The van der Waals surface area contributed by atoms with E-state index in [9.17, 15) is 0 Å². The van der Waals surface area contributed by atoms with Crippen molar-refractivity contribution in [3.05, 3.63) is 29.4 Å². The van der Waals surface area contributed by atoms with Gasteiger partial charge in [-0.05, 0) is 57.1 Å². The van der Waals surface area contributed by atoms with E-state index in [-0.39, 0.29) is 0 Å². The zero-order valence-corrected chi connectivity index (χ0v) is 14.4. The topological polar surface area (TPSA) is 67.2 Å². The molecule has 3 N–H and O–H groups in total. The Morgan fingerprint density at radius 2 is 2.17 bits per heavy atom. The normalized spacial score (nSPS) is 16.9. The molecule has 0 aliphatic carbocycles. The Kier molecular flexibility index (Phi) is 3.98. The second kappa shape index (κ2) is 6.15. The maximum atomic E-state index is 6.19. The van der Waals surface area contributed by atoms with Crippen LogP contribution >= 0.6 is 11.6 Å². The first-order valence-electron chi connectivity index (χ1n) is 8.28. The van der Waals surface area contributed by atoms with Gasteiger partial charge >= 0.3 is 0 Å². The Bertz CT molecular complexity index is 883. The minimum Gasteiger partial charge on any atom is -0.491 e. The summed E-state index contributed by atoms with van der Waals surface area (Å²) in [6.45, 7) is 3.01. The number of nitrogens with one attached hydrogen (secondary N) is 1. The monoisotopic (exact) mass is 344 g/mol. The van der Waals surface area contributed by atoms with Crippen LogP contribution in [-0.2, 0) is 0 Å². The van der Waals surface area contributed by atoms with E-state index in [0.717, 1.165) is 47.4 Å². The number of hydrogen-bond acceptors (Lipinski definition) is 4. The Morgan fingerprint density at radius 3 is 2.96 bits per heavy atom. The number of benzene rings is 1. The van der Waals surface area contributed by atoms with E-state index in [0.29, 0.717) is 16.6 Å². The highest BCUT2D eigenvalue weighted by atomic mass is 35.5. The minimum atomic E-state index is 0.598. The molecule has 3 heterocycles. The van der Waals surface area contributed by atoms with Crippen LogP contribution in [0.15, 0.2) is 24.4 Å². The first-order chi connectivity index (χ1) is 11.6. The van der Waals surface area contributed by atoms with Gasteiger partial charge in [0.2, 0.25) is 0 Å². The van der Waals surface area contributed by atoms with Crippen LogP contribution in [0.3, 0.4) is 0 Å². The number of fused-ring (bicyclic) bond motifs is 3. The second-order valence-corrected chi connectivity index (χ2v) is 7.07. The van der Waals surface area contributed by atoms with E-state index >= 15 is 0 Å². The second-order valence-electron chi connectivity index (χ2n) is 6.64. The Balaban J connectivity index is 1.66. The zero-order chi connectivity index (χ0) is 16.7. The predicted octanol–water partition coefficient (Wildman–Crippen LogP) is 3.67. The van der Waals surface area contributed by atoms with Crippen molar-refractivity contribution in [2.75, 3.05) is 32.5 Å². The van der Waals surface area contributed by atoms with Crippen molar-refractivity contribution in [2.45, 2.75) is 12.8 Å². The molecular weight excluding hydrogens is 324 g/mol. The SMILES string of the molecule is CN1CCC(COc2ccc(N)c3c2[nH]c2ncc(Cl)cc23)CC1. The molecule has 3 aromatic rings. The van der Waals surface area contributed by atoms with Crippen LogP contribution in [0, 0.1) is 5.92 Å². The molecule has 24 heavy (non-hydrogen) atoms. The van der Waals surface area contributed by atoms with Gasteiger partial charge in [0.1, 0.15) is 11.4 Å². The number of aromatic amines is 1. The number of likely N-dealkylation sites (tertiary alicyclic amines) is 1. The van der Waals surface area contributed by atoms with Crippen LogP contribution in [-0.4, -0.2) is 41.6 Å². The third kappa shape index (κ3) is 2.78. The van der Waals surface area contributed by atoms with Crippen molar-refractivity contribution in [2.24, 2.45) is 5.92 Å². The van der Waals surface area contributed by atoms with Crippen LogP contribution < -0.4 is 10.5 Å². The Hall–Kier alpha value is -1.98. The molecular formula is C18H21ClN4O. The molecule has 0 radical (unpaired) electrons. The standard InChI is InChI=1S/C18H21ClN4O/c1-23-6-4-11(5-7-23)10-24-15-3-2-14(20)16-13-8-12(19)9-21-18(13)22-17(15)16/h2-3,8-9,11H,4-7,10,20H2,1H3,(H,21,22). The van der Waals surface area contributed by atoms with Crippen LogP contribution in [0.5, 0.6) is 5.75 Å². The maximum absolute atomic E-state index is 6.19. The number of halogens is 1. The average Bonchev–Trinajstić information content (AvgIpc) is 2.95. The van der Waals surface area contributed by atoms with E-state index in [1.807, 2.05) is 18.2 Å². The zero-order valence-electron chi connectivity index (χ0n) is 13.7. The summed E-state index contributed by atoms with van der Waals surface area (Å²) in [4.78, 5) is 10.0. The van der Waals surface area contributed by atoms with Gasteiger partial charge < -0.3 is 20.4 Å². The lowest BCUT2D eigenvalue weighted by molar-refractivity contribution is 0.161. The third-order valence-corrected chi connectivity index (χ3v) is 5.09. The molecule has 126 valence electrons. The molecule has 0 amide bonds. The van der Waals surface area contributed by atoms with Crippen molar-refractivity contribution in [3.8, 4) is 5.75 Å². The lowest BCUT2D eigenvalue weighted by Gasteiger charge is -2.28. The van der Waals surface area contributed by atoms with Crippen molar-refractivity contribution in [1.82, 2.24) is 14.9 Å². The van der Waals surface area contributed by atoms with E-state index in [1.165, 1.54) is 12.8 Å². The number of nitrogens with two attached hydrogens (primary N) is 1. The number of piperidine rings is 1. The molecule has 1 aliphatic heterocycles. The molecule has 0 bridgehead atoms. The van der Waals surface area contributed by atoms with Crippen LogP contribution in [0.2, 0.25) is 5.02 Å². The van der Waals surface area contributed by atoms with Gasteiger partial charge in [-0.15, -0.1) is 0 Å². The molecule has 0 spiro atoms. The van der Waals surface area contributed by atoms with Gasteiger partial charge in [-0.25, -0.2) is 4.98 Å². The highest BCUT2D eigenvalue weighted by Gasteiger charge is 2.19. The molecule has 1 saturated heterocycles. The lowest BCUT2D eigenvalue weighted by Crippen LogP contribution is -2.32. The summed E-state index contributed by atoms with van der Waals surface area (Å²) in [7, 11) is 2.17. The molecule has 1 aromatic carbocycles. The Morgan fingerprint density at radius 1 is 1.38 bits per heavy atom. The smallest absolute Gasteiger partial charge is 0.143 e. The number of nitrogens with zero attached hydrogens (tertiary/aromatic N) is 2. The molecule has 5 nitrogen and oxygen atoms in total. The largest absolute Gasteiger partial charge is 0.491 e. The van der Waals surface area contributed by atoms with Crippen molar-refractivity contribution in [3.63, 3.8) is 0 Å². The first-order valence-corrected chi connectivity index (χ1v) is 8.66. The number of hydrogen-bond donors (Lipinski definition) is 2. The number of rotatable bonds is 3. The number of H-pyrrole nitrogens is 1. The molecule has 6 heteroatoms. The molecule has 0 atom stereocenters. The number of anilines is 1. The molecule has 1 aliphatic rings. The van der Waals surface area contributed by atoms with Gasteiger partial charge in [0.15, 0.2) is 0 Å². The summed E-state index contributed by atoms with van der Waals surface area (Å²) >= 11 is 6.09. The van der Waals surface area contributed by atoms with E-state index < -0.39 is 0 Å². The van der Waals surface area contributed by atoms with Gasteiger partial charge in [-0.2, -0.15) is 0 Å². The summed E-state index contributed by atoms with van der Waals surface area (Å²) in [6, 6.07) is 5.71. The lowest BCUT2D eigenvalue weighted by atomic mass is 9.98. The summed E-state index contributed by atoms with van der Waals surface area (Å²) in [6.07, 6.45) is 3.99. The van der Waals surface area contributed by atoms with Gasteiger partial charge in [0, 0.05) is 22.7 Å². The quantitative estimate of drug-likeness (QED) is 0.711. The highest BCUT2D eigenvalue weighted by Crippen LogP contribution is 2.36. The fraction of sp³-hybridized carbons (Fsp3) is 0.389. The highest BCUT2D eigenvalue weighted by molar-refractivity contribution is 6.31. The first kappa shape index (κ1) is 15.5. The number of aromatic nitrogens is 2. The molecule has 4 rings (SSSR count). The van der Waals surface area contributed by atoms with Crippen molar-refractivity contribution >= 4 is 39.2 Å². The van der Waals surface area contributed by atoms with Crippen molar-refractivity contribution in [1.29, 1.82) is 0 Å². The van der Waals surface area contributed by atoms with Gasteiger partial charge in [0.25, 0.3) is 0 Å². The molecule has 0 saturated carbocycles. The van der Waals surface area contributed by atoms with Crippen LogP contribution in [0.4, 0.5) is 5.69 Å². The summed E-state index contributed by atoms with van der Waals surface area (Å²) < 4.78 is 6.14. The van der Waals surface area contributed by atoms with E-state index in [1.54, 1.807) is 6.20 Å². The minimum absolute atomic E-state index is 0.598. The molecule has 2 aromatic heterocycles. The summed E-state index contributed by atoms with van der Waals surface area (Å²) in [5.41, 5.74) is 8.56. The third-order valence-electron chi connectivity index (χ3n) is 4.88. The van der Waals surface area contributed by atoms with Gasteiger partial charge in [-0.3, -0.25) is 0 Å². The molecule has 1 fully saturated rings. The maximum Gasteiger partial charge on any atom is 0.143 e. The van der Waals surface area contributed by atoms with Crippen molar-refractivity contribution < 1.29 is 4.74 Å². The van der Waals surface area contributed by atoms with Crippen LogP contribution in [0.25, 0.3) is 21.9 Å². The average molecular weight is 345 g/mol. The predicted molar refractivity (Wildman–Crippen MR) is 98.7 cm³/mol.